The van der Waals surface area contributed by atoms with Gasteiger partial charge in [0.05, 0.1) is 16.5 Å². The standard InChI is InChI=1S/C18H11Cl3O2/c19-14-7-8-17(13-4-2-1-3-12(13)14)23-18(22)10-11-5-6-15(20)16(21)9-11/h1-9H,10H2. The van der Waals surface area contributed by atoms with Gasteiger partial charge in [0.25, 0.3) is 0 Å². The van der Waals surface area contributed by atoms with Crippen molar-refractivity contribution in [3.8, 4) is 5.75 Å². The Kier molecular flexibility index (Phi) is 4.76. The zero-order valence-electron chi connectivity index (χ0n) is 11.9. The van der Waals surface area contributed by atoms with E-state index in [-0.39, 0.29) is 12.4 Å². The molecule has 23 heavy (non-hydrogen) atoms. The number of fused-ring (bicyclic) bond motifs is 1. The van der Waals surface area contributed by atoms with Crippen molar-refractivity contribution in [3.05, 3.63) is 75.2 Å². The lowest BCUT2D eigenvalue weighted by atomic mass is 10.1. The molecule has 2 nitrogen and oxygen atoms in total. The molecule has 5 heteroatoms. The lowest BCUT2D eigenvalue weighted by Crippen LogP contribution is -2.11. The van der Waals surface area contributed by atoms with Crippen LogP contribution in [0, 0.1) is 0 Å². The van der Waals surface area contributed by atoms with Gasteiger partial charge in [-0.2, -0.15) is 0 Å². The van der Waals surface area contributed by atoms with Gasteiger partial charge >= 0.3 is 5.97 Å². The fourth-order valence-electron chi connectivity index (χ4n) is 2.30. The highest BCUT2D eigenvalue weighted by Gasteiger charge is 2.11. The Morgan fingerprint density at radius 2 is 1.52 bits per heavy atom. The van der Waals surface area contributed by atoms with Gasteiger partial charge in [0.2, 0.25) is 0 Å². The molecule has 0 spiro atoms. The summed E-state index contributed by atoms with van der Waals surface area (Å²) in [4.78, 5) is 12.2. The van der Waals surface area contributed by atoms with Crippen molar-refractivity contribution >= 4 is 51.5 Å². The minimum Gasteiger partial charge on any atom is -0.426 e. The smallest absolute Gasteiger partial charge is 0.315 e. The molecule has 0 unspecified atom stereocenters. The van der Waals surface area contributed by atoms with Crippen LogP contribution in [0.4, 0.5) is 0 Å². The van der Waals surface area contributed by atoms with E-state index in [9.17, 15) is 4.79 Å². The molecule has 0 bridgehead atoms. The topological polar surface area (TPSA) is 26.3 Å². The van der Waals surface area contributed by atoms with Crippen LogP contribution in [0.15, 0.2) is 54.6 Å². The zero-order chi connectivity index (χ0) is 16.4. The summed E-state index contributed by atoms with van der Waals surface area (Å²) in [6.45, 7) is 0. The van der Waals surface area contributed by atoms with E-state index in [1.807, 2.05) is 24.3 Å². The summed E-state index contributed by atoms with van der Waals surface area (Å²) in [5.74, 6) is 0.103. The predicted molar refractivity (Wildman–Crippen MR) is 94.8 cm³/mol. The van der Waals surface area contributed by atoms with Crippen molar-refractivity contribution in [2.24, 2.45) is 0 Å². The Bertz CT molecular complexity index is 891. The third-order valence-corrected chi connectivity index (χ3v) is 4.46. The number of benzene rings is 3. The van der Waals surface area contributed by atoms with E-state index in [0.717, 1.165) is 16.3 Å². The van der Waals surface area contributed by atoms with Crippen molar-refractivity contribution in [2.45, 2.75) is 6.42 Å². The van der Waals surface area contributed by atoms with Crippen LogP contribution in [0.25, 0.3) is 10.8 Å². The lowest BCUT2D eigenvalue weighted by molar-refractivity contribution is -0.133. The average molecular weight is 366 g/mol. The summed E-state index contributed by atoms with van der Waals surface area (Å²) in [7, 11) is 0. The highest BCUT2D eigenvalue weighted by molar-refractivity contribution is 6.42. The summed E-state index contributed by atoms with van der Waals surface area (Å²) in [6.07, 6.45) is 0.105. The second kappa shape index (κ2) is 6.79. The molecule has 0 saturated heterocycles. The molecule has 0 amide bonds. The molecule has 0 N–H and O–H groups in total. The minimum absolute atomic E-state index is 0.105. The van der Waals surface area contributed by atoms with Crippen LogP contribution in [0.5, 0.6) is 5.75 Å². The van der Waals surface area contributed by atoms with Crippen LogP contribution < -0.4 is 4.74 Å². The third-order valence-electron chi connectivity index (χ3n) is 3.39. The summed E-state index contributed by atoms with van der Waals surface area (Å²) in [5.41, 5.74) is 0.739. The summed E-state index contributed by atoms with van der Waals surface area (Å²) >= 11 is 18.0. The first-order chi connectivity index (χ1) is 11.0. The van der Waals surface area contributed by atoms with Crippen LogP contribution in [0.2, 0.25) is 15.1 Å². The maximum atomic E-state index is 12.2. The normalized spacial score (nSPS) is 10.7. The number of halogens is 3. The van der Waals surface area contributed by atoms with Crippen LogP contribution >= 0.6 is 34.8 Å². The van der Waals surface area contributed by atoms with Crippen molar-refractivity contribution in [1.82, 2.24) is 0 Å². The Labute approximate surface area is 148 Å². The number of esters is 1. The molecule has 3 rings (SSSR count). The van der Waals surface area contributed by atoms with E-state index in [0.29, 0.717) is 20.8 Å². The number of carbonyl (C=O) groups excluding carboxylic acids is 1. The Balaban J connectivity index is 1.83. The molecule has 0 saturated carbocycles. The quantitative estimate of drug-likeness (QED) is 0.423. The van der Waals surface area contributed by atoms with Crippen molar-refractivity contribution in [2.75, 3.05) is 0 Å². The van der Waals surface area contributed by atoms with E-state index in [1.54, 1.807) is 30.3 Å². The number of hydrogen-bond donors (Lipinski definition) is 0. The highest BCUT2D eigenvalue weighted by atomic mass is 35.5. The van der Waals surface area contributed by atoms with Gasteiger partial charge in [-0.05, 0) is 29.8 Å². The number of rotatable bonds is 3. The first kappa shape index (κ1) is 16.1. The summed E-state index contributed by atoms with van der Waals surface area (Å²) in [5, 5.41) is 3.11. The molecular weight excluding hydrogens is 355 g/mol. The second-order valence-electron chi connectivity index (χ2n) is 4.99. The fourth-order valence-corrected chi connectivity index (χ4v) is 2.85. The molecule has 0 heterocycles. The SMILES string of the molecule is O=C(Cc1ccc(Cl)c(Cl)c1)Oc1ccc(Cl)c2ccccc12. The van der Waals surface area contributed by atoms with Gasteiger partial charge in [-0.25, -0.2) is 0 Å². The van der Waals surface area contributed by atoms with Crippen molar-refractivity contribution in [3.63, 3.8) is 0 Å². The molecule has 116 valence electrons. The number of carbonyl (C=O) groups is 1. The molecule has 0 fully saturated rings. The Hall–Kier alpha value is -1.74. The largest absolute Gasteiger partial charge is 0.426 e. The maximum absolute atomic E-state index is 12.2. The molecule has 3 aromatic carbocycles. The Morgan fingerprint density at radius 3 is 2.26 bits per heavy atom. The summed E-state index contributed by atoms with van der Waals surface area (Å²) < 4.78 is 5.48. The first-order valence-electron chi connectivity index (χ1n) is 6.86. The zero-order valence-corrected chi connectivity index (χ0v) is 14.1. The molecule has 0 atom stereocenters. The third kappa shape index (κ3) is 3.61. The molecular formula is C18H11Cl3O2. The number of hydrogen-bond acceptors (Lipinski definition) is 2. The molecule has 3 aromatic rings. The monoisotopic (exact) mass is 364 g/mol. The van der Waals surface area contributed by atoms with E-state index >= 15 is 0 Å². The van der Waals surface area contributed by atoms with Gasteiger partial charge in [-0.3, -0.25) is 4.79 Å². The van der Waals surface area contributed by atoms with Gasteiger partial charge in [-0.1, -0.05) is 65.1 Å². The molecule has 0 radical (unpaired) electrons. The molecule has 0 aliphatic heterocycles. The van der Waals surface area contributed by atoms with Gasteiger partial charge in [0.1, 0.15) is 5.75 Å². The van der Waals surface area contributed by atoms with E-state index in [2.05, 4.69) is 0 Å². The minimum atomic E-state index is -0.379. The molecule has 0 aliphatic rings. The van der Waals surface area contributed by atoms with Crippen LogP contribution in [-0.4, -0.2) is 5.97 Å². The van der Waals surface area contributed by atoms with E-state index in [1.165, 1.54) is 0 Å². The maximum Gasteiger partial charge on any atom is 0.315 e. The van der Waals surface area contributed by atoms with Crippen molar-refractivity contribution in [1.29, 1.82) is 0 Å². The average Bonchev–Trinajstić information content (AvgIpc) is 2.54. The predicted octanol–water partition coefficient (Wildman–Crippen LogP) is 5.95. The van der Waals surface area contributed by atoms with Crippen LogP contribution in [0.1, 0.15) is 5.56 Å². The van der Waals surface area contributed by atoms with E-state index < -0.39 is 0 Å². The fraction of sp³-hybridized carbons (Fsp3) is 0.0556. The van der Waals surface area contributed by atoms with Crippen LogP contribution in [0.3, 0.4) is 0 Å². The van der Waals surface area contributed by atoms with Gasteiger partial charge in [0.15, 0.2) is 0 Å². The number of ether oxygens (including phenoxy) is 1. The second-order valence-corrected chi connectivity index (χ2v) is 6.21. The van der Waals surface area contributed by atoms with Gasteiger partial charge < -0.3 is 4.74 Å². The molecule has 0 aliphatic carbocycles. The first-order valence-corrected chi connectivity index (χ1v) is 8.00. The van der Waals surface area contributed by atoms with E-state index in [4.69, 9.17) is 39.5 Å². The molecule has 0 aromatic heterocycles. The Morgan fingerprint density at radius 1 is 0.826 bits per heavy atom. The highest BCUT2D eigenvalue weighted by Crippen LogP contribution is 2.31. The van der Waals surface area contributed by atoms with Gasteiger partial charge in [-0.15, -0.1) is 0 Å². The van der Waals surface area contributed by atoms with Gasteiger partial charge in [0, 0.05) is 15.8 Å². The van der Waals surface area contributed by atoms with Crippen LogP contribution in [-0.2, 0) is 11.2 Å². The lowest BCUT2D eigenvalue weighted by Gasteiger charge is -2.09. The summed E-state index contributed by atoms with van der Waals surface area (Å²) in [6, 6.07) is 16.0. The van der Waals surface area contributed by atoms with Crippen molar-refractivity contribution < 1.29 is 9.53 Å².